The summed E-state index contributed by atoms with van der Waals surface area (Å²) in [7, 11) is 3.29. The van der Waals surface area contributed by atoms with Gasteiger partial charge in [-0.15, -0.1) is 0 Å². The zero-order valence-corrected chi connectivity index (χ0v) is 25.5. The summed E-state index contributed by atoms with van der Waals surface area (Å²) in [5.74, 6) is 1.67. The summed E-state index contributed by atoms with van der Waals surface area (Å²) in [6, 6.07) is 28.4. The Balaban J connectivity index is 0.000000250. The molecule has 0 spiro atoms. The Bertz CT molecular complexity index is 1580. The molecule has 0 radical (unpaired) electrons. The molecule has 4 aromatic carbocycles. The number of nitro groups is 2. The highest BCUT2D eigenvalue weighted by molar-refractivity contribution is 5.56. The Labute approximate surface area is 268 Å². The molecule has 0 saturated carbocycles. The molecule has 0 aliphatic rings. The summed E-state index contributed by atoms with van der Waals surface area (Å²) in [5.41, 5.74) is 4.21. The number of non-ortho nitro benzene ring substituents is 2. The third-order valence-corrected chi connectivity index (χ3v) is 6.26. The number of nitrogens with zero attached hydrogens (tertiary/aromatic N) is 2. The van der Waals surface area contributed by atoms with Crippen LogP contribution < -0.4 is 9.47 Å². The predicted octanol–water partition coefficient (Wildman–Crippen LogP) is 9.77. The van der Waals surface area contributed by atoms with Crippen LogP contribution in [-0.4, -0.2) is 24.1 Å². The van der Waals surface area contributed by atoms with Crippen molar-refractivity contribution in [1.29, 1.82) is 0 Å². The Kier molecular flexibility index (Phi) is 14.2. The van der Waals surface area contributed by atoms with Crippen LogP contribution >= 0.6 is 0 Å². The first-order valence-corrected chi connectivity index (χ1v) is 14.2. The smallest absolute Gasteiger partial charge is 0.269 e. The standard InChI is InChI=1S/2C19H17NO3/c2*1-23-19-14-10-17(11-15-19)7-5-3-2-4-6-16-8-12-18(13-9-16)20(21)22/h2*2-15H,1H3/b2*3-2+,6-4+,7-5+. The monoisotopic (exact) mass is 614 g/mol. The molecule has 0 amide bonds. The van der Waals surface area contributed by atoms with Gasteiger partial charge in [0.1, 0.15) is 11.5 Å². The van der Waals surface area contributed by atoms with Gasteiger partial charge >= 0.3 is 0 Å². The second-order valence-electron chi connectivity index (χ2n) is 9.45. The molecule has 4 aromatic rings. The zero-order valence-electron chi connectivity index (χ0n) is 25.5. The Morgan fingerprint density at radius 1 is 0.413 bits per heavy atom. The van der Waals surface area contributed by atoms with Crippen LogP contribution in [0.25, 0.3) is 24.3 Å². The number of hydrogen-bond donors (Lipinski definition) is 0. The van der Waals surface area contributed by atoms with Gasteiger partial charge in [-0.1, -0.05) is 97.2 Å². The molecule has 232 valence electrons. The molecule has 0 fully saturated rings. The Morgan fingerprint density at radius 3 is 0.870 bits per heavy atom. The number of nitro benzene ring substituents is 2. The summed E-state index contributed by atoms with van der Waals surface area (Å²) >= 11 is 0. The van der Waals surface area contributed by atoms with Crippen molar-refractivity contribution in [3.8, 4) is 11.5 Å². The third-order valence-electron chi connectivity index (χ3n) is 6.26. The first-order valence-electron chi connectivity index (χ1n) is 14.2. The van der Waals surface area contributed by atoms with Crippen LogP contribution in [0.4, 0.5) is 11.4 Å². The highest BCUT2D eigenvalue weighted by Crippen LogP contribution is 2.15. The van der Waals surface area contributed by atoms with Gasteiger partial charge in [0.05, 0.1) is 24.1 Å². The lowest BCUT2D eigenvalue weighted by molar-refractivity contribution is -0.385. The number of allylic oxidation sites excluding steroid dienone is 8. The van der Waals surface area contributed by atoms with Crippen LogP contribution in [-0.2, 0) is 0 Å². The predicted molar refractivity (Wildman–Crippen MR) is 187 cm³/mol. The lowest BCUT2D eigenvalue weighted by Crippen LogP contribution is -1.86. The van der Waals surface area contributed by atoms with Crippen LogP contribution in [0.15, 0.2) is 146 Å². The van der Waals surface area contributed by atoms with Crippen molar-refractivity contribution in [3.63, 3.8) is 0 Å². The van der Waals surface area contributed by atoms with E-state index < -0.39 is 9.85 Å². The molecule has 0 aromatic heterocycles. The number of ether oxygens (including phenoxy) is 2. The van der Waals surface area contributed by atoms with Crippen molar-refractivity contribution in [3.05, 3.63) is 188 Å². The molecular formula is C38H34N2O6. The van der Waals surface area contributed by atoms with Gasteiger partial charge in [-0.05, 0) is 70.8 Å². The van der Waals surface area contributed by atoms with Crippen LogP contribution in [0, 0.1) is 20.2 Å². The van der Waals surface area contributed by atoms with E-state index in [1.165, 1.54) is 24.3 Å². The quantitative estimate of drug-likeness (QED) is 0.0894. The molecule has 4 rings (SSSR count). The Hall–Kier alpha value is -6.28. The van der Waals surface area contributed by atoms with Gasteiger partial charge in [0.15, 0.2) is 0 Å². The maximum Gasteiger partial charge on any atom is 0.269 e. The second kappa shape index (κ2) is 19.1. The van der Waals surface area contributed by atoms with Gasteiger partial charge in [0.2, 0.25) is 0 Å². The summed E-state index contributed by atoms with van der Waals surface area (Å²) in [4.78, 5) is 20.3. The normalized spacial score (nSPS) is 11.5. The van der Waals surface area contributed by atoms with E-state index in [0.29, 0.717) is 0 Å². The van der Waals surface area contributed by atoms with Gasteiger partial charge < -0.3 is 9.47 Å². The minimum atomic E-state index is -0.405. The number of methoxy groups -OCH3 is 2. The number of rotatable bonds is 12. The molecule has 0 heterocycles. The average Bonchev–Trinajstić information content (AvgIpc) is 3.09. The maximum atomic E-state index is 10.6. The summed E-state index contributed by atoms with van der Waals surface area (Å²) < 4.78 is 10.2. The number of benzene rings is 4. The minimum absolute atomic E-state index is 0.0973. The minimum Gasteiger partial charge on any atom is -0.497 e. The molecule has 0 saturated heterocycles. The van der Waals surface area contributed by atoms with Gasteiger partial charge in [-0.2, -0.15) is 0 Å². The number of hydrogen-bond acceptors (Lipinski definition) is 6. The Morgan fingerprint density at radius 2 is 0.652 bits per heavy atom. The van der Waals surface area contributed by atoms with Crippen molar-refractivity contribution >= 4 is 35.7 Å². The van der Waals surface area contributed by atoms with Gasteiger partial charge in [0, 0.05) is 24.3 Å². The molecule has 0 aliphatic carbocycles. The van der Waals surface area contributed by atoms with Crippen molar-refractivity contribution in [1.82, 2.24) is 0 Å². The first-order chi connectivity index (χ1) is 22.4. The van der Waals surface area contributed by atoms with Crippen LogP contribution in [0.5, 0.6) is 11.5 Å². The van der Waals surface area contributed by atoms with Crippen LogP contribution in [0.1, 0.15) is 22.3 Å². The fraction of sp³-hybridized carbons (Fsp3) is 0.0526. The molecule has 0 bridgehead atoms. The average molecular weight is 615 g/mol. The molecular weight excluding hydrogens is 580 g/mol. The molecule has 0 unspecified atom stereocenters. The highest BCUT2D eigenvalue weighted by atomic mass is 16.6. The maximum absolute atomic E-state index is 10.6. The third kappa shape index (κ3) is 12.5. The van der Waals surface area contributed by atoms with E-state index in [9.17, 15) is 20.2 Å². The topological polar surface area (TPSA) is 105 Å². The van der Waals surface area contributed by atoms with E-state index in [1.54, 1.807) is 38.5 Å². The largest absolute Gasteiger partial charge is 0.497 e. The van der Waals surface area contributed by atoms with Crippen LogP contribution in [0.2, 0.25) is 0 Å². The fourth-order valence-electron chi connectivity index (χ4n) is 3.77. The molecule has 8 heteroatoms. The van der Waals surface area contributed by atoms with Gasteiger partial charge in [-0.3, -0.25) is 20.2 Å². The molecule has 0 N–H and O–H groups in total. The van der Waals surface area contributed by atoms with E-state index in [0.717, 1.165) is 33.8 Å². The van der Waals surface area contributed by atoms with Crippen molar-refractivity contribution < 1.29 is 19.3 Å². The van der Waals surface area contributed by atoms with E-state index in [4.69, 9.17) is 9.47 Å². The van der Waals surface area contributed by atoms with E-state index >= 15 is 0 Å². The summed E-state index contributed by atoms with van der Waals surface area (Å²) in [6.07, 6.45) is 23.1. The van der Waals surface area contributed by atoms with Crippen molar-refractivity contribution in [2.24, 2.45) is 0 Å². The second-order valence-corrected chi connectivity index (χ2v) is 9.45. The SMILES string of the molecule is COc1ccc(/C=C/C=C/C=C/c2ccc([N+](=O)[O-])cc2)cc1.COc1ccc(/C=C/C=C/C=C/c2ccc([N+](=O)[O-])cc2)cc1. The molecule has 8 nitrogen and oxygen atoms in total. The highest BCUT2D eigenvalue weighted by Gasteiger charge is 2.02. The van der Waals surface area contributed by atoms with E-state index in [-0.39, 0.29) is 11.4 Å². The summed E-state index contributed by atoms with van der Waals surface area (Å²) in [6.45, 7) is 0. The van der Waals surface area contributed by atoms with E-state index in [1.807, 2.05) is 121 Å². The van der Waals surface area contributed by atoms with Gasteiger partial charge in [-0.25, -0.2) is 0 Å². The summed E-state index contributed by atoms with van der Waals surface area (Å²) in [5, 5.41) is 21.1. The zero-order chi connectivity index (χ0) is 33.0. The van der Waals surface area contributed by atoms with Crippen LogP contribution in [0.3, 0.4) is 0 Å². The van der Waals surface area contributed by atoms with Gasteiger partial charge in [0.25, 0.3) is 11.4 Å². The fourth-order valence-corrected chi connectivity index (χ4v) is 3.77. The molecule has 0 aliphatic heterocycles. The first kappa shape index (κ1) is 34.2. The lowest BCUT2D eigenvalue weighted by atomic mass is 10.2. The van der Waals surface area contributed by atoms with Crippen molar-refractivity contribution in [2.45, 2.75) is 0 Å². The lowest BCUT2D eigenvalue weighted by Gasteiger charge is -1.98. The molecule has 0 atom stereocenters. The van der Waals surface area contributed by atoms with Crippen molar-refractivity contribution in [2.75, 3.05) is 14.2 Å². The van der Waals surface area contributed by atoms with E-state index in [2.05, 4.69) is 0 Å². The molecule has 46 heavy (non-hydrogen) atoms.